The first kappa shape index (κ1) is 27.7. The van der Waals surface area contributed by atoms with Crippen molar-refractivity contribution in [2.45, 2.75) is 116 Å². The van der Waals surface area contributed by atoms with E-state index in [0.717, 1.165) is 13.0 Å². The molecule has 0 fully saturated rings. The van der Waals surface area contributed by atoms with Gasteiger partial charge >= 0.3 is 0 Å². The van der Waals surface area contributed by atoms with Gasteiger partial charge in [-0.05, 0) is 6.42 Å². The van der Waals surface area contributed by atoms with Gasteiger partial charge in [0.25, 0.3) is 5.24 Å². The topological polar surface area (TPSA) is 60.6 Å². The number of nitrogens with one attached hydrogen (secondary N) is 1. The Bertz CT molecular complexity index is 326. The van der Waals surface area contributed by atoms with Crippen molar-refractivity contribution in [2.24, 2.45) is 0 Å². The molecule has 0 aliphatic heterocycles. The van der Waals surface area contributed by atoms with Crippen LogP contribution in [0.25, 0.3) is 0 Å². The van der Waals surface area contributed by atoms with Gasteiger partial charge in [0.1, 0.15) is 0 Å². The van der Waals surface area contributed by atoms with Crippen LogP contribution >= 0.6 is 11.8 Å². The van der Waals surface area contributed by atoms with Gasteiger partial charge in [0, 0.05) is 19.4 Å². The van der Waals surface area contributed by atoms with Crippen molar-refractivity contribution in [3.05, 3.63) is 0 Å². The molecule has 0 aromatic carbocycles. The van der Waals surface area contributed by atoms with Gasteiger partial charge in [0.15, 0.2) is 0 Å². The third-order valence-electron chi connectivity index (χ3n) is 5.24. The zero-order chi connectivity index (χ0) is 20.7. The summed E-state index contributed by atoms with van der Waals surface area (Å²) in [6.07, 6.45) is 21.5. The zero-order valence-electron chi connectivity index (χ0n) is 18.7. The molecule has 166 valence electrons. The molecule has 1 N–H and O–H groups in total. The highest BCUT2D eigenvalue weighted by atomic mass is 32.2. The molecule has 1 unspecified atom stereocenters. The molecule has 5 heteroatoms. The van der Waals surface area contributed by atoms with E-state index in [-0.39, 0.29) is 17.9 Å². The maximum absolute atomic E-state index is 11.7. The highest BCUT2D eigenvalue weighted by molar-refractivity contribution is 8.13. The number of thioether (sulfide) groups is 1. The van der Waals surface area contributed by atoms with Crippen molar-refractivity contribution in [1.29, 1.82) is 0 Å². The van der Waals surface area contributed by atoms with E-state index in [1.807, 2.05) is 0 Å². The van der Waals surface area contributed by atoms with Crippen molar-refractivity contribution in [3.63, 3.8) is 0 Å². The number of methoxy groups -OCH3 is 1. The Morgan fingerprint density at radius 1 is 0.821 bits per heavy atom. The summed E-state index contributed by atoms with van der Waals surface area (Å²) in [5.74, 6) is 0.498. The number of nitrogens with zero attached hydrogens (tertiary/aromatic N) is 1. The van der Waals surface area contributed by atoms with Gasteiger partial charge in [-0.3, -0.25) is 4.79 Å². The van der Waals surface area contributed by atoms with Gasteiger partial charge in [-0.25, -0.2) is 0 Å². The summed E-state index contributed by atoms with van der Waals surface area (Å²) < 4.78 is 5.04. The average Bonchev–Trinajstić information content (AvgIpc) is 2.71. The maximum atomic E-state index is 11.7. The van der Waals surface area contributed by atoms with E-state index >= 15 is 0 Å². The van der Waals surface area contributed by atoms with Gasteiger partial charge in [-0.1, -0.05) is 115 Å². The molecule has 0 spiro atoms. The van der Waals surface area contributed by atoms with E-state index in [0.29, 0.717) is 5.75 Å². The smallest absolute Gasteiger partial charge is 0.279 e. The molecular formula is C23H46N2O2S. The second-order valence-corrected chi connectivity index (χ2v) is 8.86. The molecule has 0 saturated carbocycles. The van der Waals surface area contributed by atoms with Crippen molar-refractivity contribution in [3.8, 4) is 0 Å². The molecule has 0 aromatic rings. The van der Waals surface area contributed by atoms with E-state index in [1.54, 1.807) is 7.11 Å². The average molecular weight is 415 g/mol. The minimum Gasteiger partial charge on any atom is -0.379 e. The Morgan fingerprint density at radius 3 is 1.64 bits per heavy atom. The summed E-state index contributed by atoms with van der Waals surface area (Å²) in [5.41, 5.74) is 9.00. The standard InChI is InChI=1S/C23H46N2O2S/c1-3-4-5-6-7-8-9-10-11-12-13-14-15-16-17-18-19-25-23(26)28-21-22(20-24)27-2/h22H,3-21H2,1-2H3,(H,25,26). The lowest BCUT2D eigenvalue weighted by atomic mass is 10.0. The first-order valence-corrected chi connectivity index (χ1v) is 12.8. The SMILES string of the molecule is CCCCCCCCCCCCCCCCCCNC(=O)SCC(C[N])OC. The first-order valence-electron chi connectivity index (χ1n) is 11.8. The van der Waals surface area contributed by atoms with Gasteiger partial charge in [-0.15, -0.1) is 5.73 Å². The molecule has 4 nitrogen and oxygen atoms in total. The van der Waals surface area contributed by atoms with Crippen LogP contribution in [0.4, 0.5) is 4.79 Å². The minimum atomic E-state index is -0.258. The summed E-state index contributed by atoms with van der Waals surface area (Å²) in [6.45, 7) is 2.98. The van der Waals surface area contributed by atoms with Crippen LogP contribution < -0.4 is 11.1 Å². The lowest BCUT2D eigenvalue weighted by molar-refractivity contribution is 0.127. The second-order valence-electron chi connectivity index (χ2n) is 7.87. The Kier molecular flexibility index (Phi) is 22.8. The number of carbonyl (C=O) groups is 1. The fraction of sp³-hybridized carbons (Fsp3) is 0.957. The number of amides is 1. The molecule has 2 radical (unpaired) electrons. The monoisotopic (exact) mass is 414 g/mol. The predicted molar refractivity (Wildman–Crippen MR) is 123 cm³/mol. The molecule has 0 rings (SSSR count). The molecule has 0 aromatic heterocycles. The Morgan fingerprint density at radius 2 is 1.25 bits per heavy atom. The maximum Gasteiger partial charge on any atom is 0.279 e. The number of unbranched alkanes of at least 4 members (excludes halogenated alkanes) is 15. The second kappa shape index (κ2) is 23.0. The molecule has 0 aliphatic rings. The molecule has 0 heterocycles. The summed E-state index contributed by atoms with van der Waals surface area (Å²) in [7, 11) is 1.55. The van der Waals surface area contributed by atoms with Gasteiger partial charge < -0.3 is 10.1 Å². The van der Waals surface area contributed by atoms with Crippen molar-refractivity contribution < 1.29 is 9.53 Å². The van der Waals surface area contributed by atoms with Crippen LogP contribution in [-0.2, 0) is 4.74 Å². The third kappa shape index (κ3) is 20.5. The number of ether oxygens (including phenoxy) is 1. The van der Waals surface area contributed by atoms with Crippen LogP contribution in [0.3, 0.4) is 0 Å². The minimum absolute atomic E-state index is 0.0172. The van der Waals surface area contributed by atoms with Gasteiger partial charge in [0.05, 0.1) is 12.6 Å². The van der Waals surface area contributed by atoms with Crippen LogP contribution in [-0.4, -0.2) is 37.3 Å². The van der Waals surface area contributed by atoms with Gasteiger partial charge in [-0.2, -0.15) is 0 Å². The van der Waals surface area contributed by atoms with E-state index in [1.165, 1.54) is 108 Å². The predicted octanol–water partition coefficient (Wildman–Crippen LogP) is 6.77. The molecule has 0 bridgehead atoms. The van der Waals surface area contributed by atoms with Crippen molar-refractivity contribution in [1.82, 2.24) is 11.1 Å². The molecular weight excluding hydrogens is 368 g/mol. The Balaban J connectivity index is 3.16. The molecule has 28 heavy (non-hydrogen) atoms. The summed E-state index contributed by atoms with van der Waals surface area (Å²) in [5, 5.41) is 2.91. The number of hydrogen-bond acceptors (Lipinski definition) is 3. The summed E-state index contributed by atoms with van der Waals surface area (Å²) in [4.78, 5) is 11.7. The lowest BCUT2D eigenvalue weighted by Crippen LogP contribution is -2.25. The van der Waals surface area contributed by atoms with Crippen LogP contribution in [0, 0.1) is 0 Å². The van der Waals surface area contributed by atoms with Crippen LogP contribution in [0.1, 0.15) is 110 Å². The number of carbonyl (C=O) groups excluding carboxylic acids is 1. The molecule has 1 atom stereocenters. The molecule has 0 saturated heterocycles. The number of hydrogen-bond donors (Lipinski definition) is 1. The quantitative estimate of drug-likeness (QED) is 0.211. The van der Waals surface area contributed by atoms with Crippen LogP contribution in [0.5, 0.6) is 0 Å². The van der Waals surface area contributed by atoms with Crippen molar-refractivity contribution in [2.75, 3.05) is 26.0 Å². The Hall–Kier alpha value is -0.260. The van der Waals surface area contributed by atoms with Crippen molar-refractivity contribution >= 4 is 17.0 Å². The third-order valence-corrected chi connectivity index (χ3v) is 6.18. The Labute approximate surface area is 179 Å². The largest absolute Gasteiger partial charge is 0.379 e. The van der Waals surface area contributed by atoms with E-state index in [4.69, 9.17) is 10.5 Å². The number of rotatable bonds is 21. The van der Waals surface area contributed by atoms with Gasteiger partial charge in [0.2, 0.25) is 0 Å². The zero-order valence-corrected chi connectivity index (χ0v) is 19.5. The van der Waals surface area contributed by atoms with E-state index in [9.17, 15) is 4.79 Å². The molecule has 1 amide bonds. The highest BCUT2D eigenvalue weighted by Crippen LogP contribution is 2.13. The lowest BCUT2D eigenvalue weighted by Gasteiger charge is -2.10. The molecule has 0 aliphatic carbocycles. The fourth-order valence-corrected chi connectivity index (χ4v) is 4.06. The normalized spacial score (nSPS) is 12.2. The fourth-order valence-electron chi connectivity index (χ4n) is 3.28. The van der Waals surface area contributed by atoms with Crippen LogP contribution in [0.2, 0.25) is 0 Å². The highest BCUT2D eigenvalue weighted by Gasteiger charge is 2.09. The van der Waals surface area contributed by atoms with E-state index < -0.39 is 0 Å². The van der Waals surface area contributed by atoms with Crippen LogP contribution in [0.15, 0.2) is 0 Å². The summed E-state index contributed by atoms with van der Waals surface area (Å²) >= 11 is 1.19. The summed E-state index contributed by atoms with van der Waals surface area (Å²) in [6, 6.07) is 0. The van der Waals surface area contributed by atoms with E-state index in [2.05, 4.69) is 12.2 Å². The first-order chi connectivity index (χ1) is 13.7.